The summed E-state index contributed by atoms with van der Waals surface area (Å²) < 4.78 is 0. The number of hydrogen-bond donors (Lipinski definition) is 2. The van der Waals surface area contributed by atoms with Crippen molar-refractivity contribution in [3.63, 3.8) is 0 Å². The lowest BCUT2D eigenvalue weighted by Gasteiger charge is -2.27. The van der Waals surface area contributed by atoms with Crippen LogP contribution in [0.2, 0.25) is 0 Å². The Labute approximate surface area is 90.4 Å². The lowest BCUT2D eigenvalue weighted by molar-refractivity contribution is 0.465. The molecule has 0 aliphatic heterocycles. The van der Waals surface area contributed by atoms with Crippen molar-refractivity contribution in [2.45, 2.75) is 32.2 Å². The SMILES string of the molecule is CC(C)(N)C1=Cc2cccc(O)c2CC1. The van der Waals surface area contributed by atoms with Crippen LogP contribution >= 0.6 is 0 Å². The highest BCUT2D eigenvalue weighted by atomic mass is 16.3. The summed E-state index contributed by atoms with van der Waals surface area (Å²) in [6, 6.07) is 5.64. The predicted octanol–water partition coefficient (Wildman–Crippen LogP) is 2.46. The smallest absolute Gasteiger partial charge is 0.119 e. The normalized spacial score (nSPS) is 15.8. The Morgan fingerprint density at radius 3 is 2.67 bits per heavy atom. The number of phenols is 1. The maximum Gasteiger partial charge on any atom is 0.119 e. The van der Waals surface area contributed by atoms with Crippen LogP contribution in [0.3, 0.4) is 0 Å². The Morgan fingerprint density at radius 2 is 2.00 bits per heavy atom. The van der Waals surface area contributed by atoms with Crippen molar-refractivity contribution in [3.8, 4) is 5.75 Å². The van der Waals surface area contributed by atoms with Gasteiger partial charge in [0.2, 0.25) is 0 Å². The van der Waals surface area contributed by atoms with Gasteiger partial charge in [-0.05, 0) is 38.3 Å². The average molecular weight is 203 g/mol. The molecular weight excluding hydrogens is 186 g/mol. The van der Waals surface area contributed by atoms with E-state index in [1.807, 2.05) is 26.0 Å². The maximum absolute atomic E-state index is 9.68. The van der Waals surface area contributed by atoms with E-state index in [0.29, 0.717) is 5.75 Å². The minimum absolute atomic E-state index is 0.261. The van der Waals surface area contributed by atoms with E-state index in [9.17, 15) is 5.11 Å². The molecule has 1 aliphatic rings. The number of benzene rings is 1. The largest absolute Gasteiger partial charge is 0.508 e. The molecule has 1 aliphatic carbocycles. The molecule has 2 rings (SSSR count). The fraction of sp³-hybridized carbons (Fsp3) is 0.385. The lowest BCUT2D eigenvalue weighted by atomic mass is 9.83. The number of aromatic hydroxyl groups is 1. The molecule has 0 radical (unpaired) electrons. The van der Waals surface area contributed by atoms with E-state index >= 15 is 0 Å². The van der Waals surface area contributed by atoms with E-state index in [2.05, 4.69) is 6.08 Å². The van der Waals surface area contributed by atoms with Crippen molar-refractivity contribution >= 4 is 6.08 Å². The molecule has 0 saturated carbocycles. The third-order valence-corrected chi connectivity index (χ3v) is 2.99. The maximum atomic E-state index is 9.68. The Bertz CT molecular complexity index is 413. The molecular formula is C13H17NO. The molecule has 0 saturated heterocycles. The Kier molecular flexibility index (Phi) is 2.31. The van der Waals surface area contributed by atoms with Crippen LogP contribution in [-0.2, 0) is 6.42 Å². The van der Waals surface area contributed by atoms with Crippen LogP contribution in [0.4, 0.5) is 0 Å². The van der Waals surface area contributed by atoms with E-state index in [1.165, 1.54) is 5.57 Å². The van der Waals surface area contributed by atoms with Crippen LogP contribution in [0.25, 0.3) is 6.08 Å². The first-order valence-electron chi connectivity index (χ1n) is 5.29. The molecule has 0 fully saturated rings. The van der Waals surface area contributed by atoms with Crippen LogP contribution in [-0.4, -0.2) is 10.6 Å². The lowest BCUT2D eigenvalue weighted by Crippen LogP contribution is -2.35. The number of phenolic OH excluding ortho intramolecular Hbond substituents is 1. The number of nitrogens with two attached hydrogens (primary N) is 1. The molecule has 0 unspecified atom stereocenters. The van der Waals surface area contributed by atoms with Gasteiger partial charge in [0.05, 0.1) is 0 Å². The second-order valence-electron chi connectivity index (χ2n) is 4.74. The monoisotopic (exact) mass is 203 g/mol. The molecule has 3 N–H and O–H groups in total. The zero-order chi connectivity index (χ0) is 11.1. The van der Waals surface area contributed by atoms with Crippen LogP contribution in [0, 0.1) is 0 Å². The minimum atomic E-state index is -0.261. The first-order chi connectivity index (χ1) is 6.98. The summed E-state index contributed by atoms with van der Waals surface area (Å²) in [6.45, 7) is 4.04. The molecule has 0 atom stereocenters. The van der Waals surface area contributed by atoms with Crippen molar-refractivity contribution in [2.24, 2.45) is 5.73 Å². The fourth-order valence-electron chi connectivity index (χ4n) is 2.03. The molecule has 1 aromatic rings. The number of fused-ring (bicyclic) bond motifs is 1. The summed E-state index contributed by atoms with van der Waals surface area (Å²) in [4.78, 5) is 0. The van der Waals surface area contributed by atoms with Crippen molar-refractivity contribution < 1.29 is 5.11 Å². The Balaban J connectivity index is 2.47. The molecule has 0 spiro atoms. The molecule has 2 nitrogen and oxygen atoms in total. The Morgan fingerprint density at radius 1 is 1.27 bits per heavy atom. The number of hydrogen-bond acceptors (Lipinski definition) is 2. The molecule has 0 heterocycles. The van der Waals surface area contributed by atoms with Gasteiger partial charge in [-0.25, -0.2) is 0 Å². The third-order valence-electron chi connectivity index (χ3n) is 2.99. The van der Waals surface area contributed by atoms with Gasteiger partial charge < -0.3 is 10.8 Å². The Hall–Kier alpha value is -1.28. The summed E-state index contributed by atoms with van der Waals surface area (Å²) >= 11 is 0. The molecule has 15 heavy (non-hydrogen) atoms. The quantitative estimate of drug-likeness (QED) is 0.736. The third kappa shape index (κ3) is 1.90. The molecule has 80 valence electrons. The summed E-state index contributed by atoms with van der Waals surface area (Å²) in [5.74, 6) is 0.401. The second kappa shape index (κ2) is 3.38. The van der Waals surface area contributed by atoms with E-state index < -0.39 is 0 Å². The van der Waals surface area contributed by atoms with Gasteiger partial charge in [-0.15, -0.1) is 0 Å². The van der Waals surface area contributed by atoms with Crippen molar-refractivity contribution in [1.82, 2.24) is 0 Å². The van der Waals surface area contributed by atoms with E-state index in [0.717, 1.165) is 24.0 Å². The predicted molar refractivity (Wildman–Crippen MR) is 62.7 cm³/mol. The van der Waals surface area contributed by atoms with Gasteiger partial charge in [0.1, 0.15) is 5.75 Å². The summed E-state index contributed by atoms with van der Waals surface area (Å²) in [7, 11) is 0. The molecule has 0 amide bonds. The molecule has 0 aromatic heterocycles. The summed E-state index contributed by atoms with van der Waals surface area (Å²) in [5.41, 5.74) is 9.22. The standard InChI is InChI=1S/C13H17NO/c1-13(2,14)10-6-7-11-9(8-10)4-3-5-12(11)15/h3-5,8,15H,6-7,14H2,1-2H3. The zero-order valence-corrected chi connectivity index (χ0v) is 9.25. The van der Waals surface area contributed by atoms with E-state index in [4.69, 9.17) is 5.73 Å². The minimum Gasteiger partial charge on any atom is -0.508 e. The van der Waals surface area contributed by atoms with Crippen molar-refractivity contribution in [3.05, 3.63) is 34.9 Å². The molecule has 1 aromatic carbocycles. The number of rotatable bonds is 1. The van der Waals surface area contributed by atoms with Gasteiger partial charge in [-0.3, -0.25) is 0 Å². The van der Waals surface area contributed by atoms with Gasteiger partial charge in [-0.2, -0.15) is 0 Å². The van der Waals surface area contributed by atoms with Crippen LogP contribution in [0.15, 0.2) is 23.8 Å². The van der Waals surface area contributed by atoms with Gasteiger partial charge in [0.25, 0.3) is 0 Å². The highest BCUT2D eigenvalue weighted by Crippen LogP contribution is 2.33. The van der Waals surface area contributed by atoms with Crippen molar-refractivity contribution in [2.75, 3.05) is 0 Å². The van der Waals surface area contributed by atoms with Crippen LogP contribution in [0.5, 0.6) is 5.75 Å². The van der Waals surface area contributed by atoms with E-state index in [-0.39, 0.29) is 5.54 Å². The fourth-order valence-corrected chi connectivity index (χ4v) is 2.03. The highest BCUT2D eigenvalue weighted by molar-refractivity contribution is 5.64. The first kappa shape index (κ1) is 10.2. The molecule has 2 heteroatoms. The second-order valence-corrected chi connectivity index (χ2v) is 4.74. The topological polar surface area (TPSA) is 46.2 Å². The van der Waals surface area contributed by atoms with Gasteiger partial charge >= 0.3 is 0 Å². The summed E-state index contributed by atoms with van der Waals surface area (Å²) in [6.07, 6.45) is 3.93. The van der Waals surface area contributed by atoms with Gasteiger partial charge in [-0.1, -0.05) is 23.8 Å². The van der Waals surface area contributed by atoms with E-state index in [1.54, 1.807) is 6.07 Å². The first-order valence-corrected chi connectivity index (χ1v) is 5.29. The average Bonchev–Trinajstić information content (AvgIpc) is 2.16. The highest BCUT2D eigenvalue weighted by Gasteiger charge is 2.22. The van der Waals surface area contributed by atoms with Crippen molar-refractivity contribution in [1.29, 1.82) is 0 Å². The molecule has 0 bridgehead atoms. The van der Waals surface area contributed by atoms with Gasteiger partial charge in [0.15, 0.2) is 0 Å². The summed E-state index contributed by atoms with van der Waals surface area (Å²) in [5, 5.41) is 9.68. The van der Waals surface area contributed by atoms with Crippen LogP contribution in [0.1, 0.15) is 31.4 Å². The van der Waals surface area contributed by atoms with Gasteiger partial charge in [0, 0.05) is 11.1 Å². The van der Waals surface area contributed by atoms with Crippen LogP contribution < -0.4 is 5.73 Å². The zero-order valence-electron chi connectivity index (χ0n) is 9.25.